The Labute approximate surface area is 155 Å². The Bertz CT molecular complexity index is 746. The fourth-order valence-corrected chi connectivity index (χ4v) is 3.54. The molecule has 5 heteroatoms. The monoisotopic (exact) mass is 353 g/mol. The molecule has 1 fully saturated rings. The number of benzene rings is 1. The molecule has 2 amide bonds. The van der Waals surface area contributed by atoms with Crippen LogP contribution in [0.3, 0.4) is 0 Å². The zero-order valence-corrected chi connectivity index (χ0v) is 15.7. The molecule has 0 saturated carbocycles. The maximum absolute atomic E-state index is 12.9. The SMILES string of the molecule is CCN(C(=O)Nc1cccc(-c2cccnc2)c1)[C@H]1CCOC(C)(C)C1. The van der Waals surface area contributed by atoms with Crippen molar-refractivity contribution < 1.29 is 9.53 Å². The summed E-state index contributed by atoms with van der Waals surface area (Å²) in [5.74, 6) is 0. The molecule has 1 aliphatic heterocycles. The predicted molar refractivity (Wildman–Crippen MR) is 104 cm³/mol. The number of anilines is 1. The molecule has 0 aliphatic carbocycles. The molecule has 1 aliphatic rings. The van der Waals surface area contributed by atoms with Gasteiger partial charge >= 0.3 is 6.03 Å². The highest BCUT2D eigenvalue weighted by Gasteiger charge is 2.33. The van der Waals surface area contributed by atoms with Crippen LogP contribution in [0.15, 0.2) is 48.8 Å². The lowest BCUT2D eigenvalue weighted by molar-refractivity contribution is -0.0758. The largest absolute Gasteiger partial charge is 0.375 e. The molecule has 26 heavy (non-hydrogen) atoms. The Morgan fingerprint density at radius 1 is 1.31 bits per heavy atom. The van der Waals surface area contributed by atoms with Gasteiger partial charge in [-0.3, -0.25) is 4.98 Å². The van der Waals surface area contributed by atoms with E-state index in [2.05, 4.69) is 24.1 Å². The molecule has 5 nitrogen and oxygen atoms in total. The number of hydrogen-bond acceptors (Lipinski definition) is 3. The van der Waals surface area contributed by atoms with Crippen LogP contribution < -0.4 is 5.32 Å². The van der Waals surface area contributed by atoms with Crippen LogP contribution in [0.4, 0.5) is 10.5 Å². The minimum Gasteiger partial charge on any atom is -0.375 e. The standard InChI is InChI=1S/C21H27N3O2/c1-4-24(19-10-12-26-21(2,3)14-19)20(25)23-18-9-5-7-16(13-18)17-8-6-11-22-15-17/h5-9,11,13,15,19H,4,10,12,14H2,1-3H3,(H,23,25)/t19-/m0/s1. The Balaban J connectivity index is 1.72. The fraction of sp³-hybridized carbons (Fsp3) is 0.429. The van der Waals surface area contributed by atoms with Crippen LogP contribution in [0.1, 0.15) is 33.6 Å². The molecule has 0 spiro atoms. The van der Waals surface area contributed by atoms with Crippen LogP contribution in [0.25, 0.3) is 11.1 Å². The molecule has 3 rings (SSSR count). The highest BCUT2D eigenvalue weighted by molar-refractivity contribution is 5.90. The van der Waals surface area contributed by atoms with Crippen molar-refractivity contribution in [2.75, 3.05) is 18.5 Å². The average Bonchev–Trinajstić information content (AvgIpc) is 2.62. The number of rotatable bonds is 4. The van der Waals surface area contributed by atoms with Crippen molar-refractivity contribution in [2.45, 2.75) is 45.3 Å². The summed E-state index contributed by atoms with van der Waals surface area (Å²) in [6.07, 6.45) is 5.30. The number of nitrogens with one attached hydrogen (secondary N) is 1. The summed E-state index contributed by atoms with van der Waals surface area (Å²) in [5.41, 5.74) is 2.67. The summed E-state index contributed by atoms with van der Waals surface area (Å²) < 4.78 is 5.79. The second-order valence-corrected chi connectivity index (χ2v) is 7.29. The zero-order chi connectivity index (χ0) is 18.6. The molecule has 1 aromatic carbocycles. The van der Waals surface area contributed by atoms with E-state index >= 15 is 0 Å². The van der Waals surface area contributed by atoms with E-state index in [1.165, 1.54) is 0 Å². The van der Waals surface area contributed by atoms with Crippen molar-refractivity contribution >= 4 is 11.7 Å². The van der Waals surface area contributed by atoms with E-state index in [0.29, 0.717) is 13.2 Å². The van der Waals surface area contributed by atoms with Gasteiger partial charge in [0.25, 0.3) is 0 Å². The molecule has 0 unspecified atom stereocenters. The van der Waals surface area contributed by atoms with Crippen molar-refractivity contribution in [3.05, 3.63) is 48.8 Å². The van der Waals surface area contributed by atoms with Crippen LogP contribution in [-0.4, -0.2) is 40.7 Å². The van der Waals surface area contributed by atoms with Gasteiger partial charge in [0.1, 0.15) is 0 Å². The van der Waals surface area contributed by atoms with E-state index in [1.54, 1.807) is 6.20 Å². The first-order chi connectivity index (χ1) is 12.5. The van der Waals surface area contributed by atoms with Crippen molar-refractivity contribution in [3.63, 3.8) is 0 Å². The maximum Gasteiger partial charge on any atom is 0.322 e. The first-order valence-electron chi connectivity index (χ1n) is 9.20. The van der Waals surface area contributed by atoms with Crippen molar-refractivity contribution in [1.29, 1.82) is 0 Å². The van der Waals surface area contributed by atoms with Gasteiger partial charge in [-0.25, -0.2) is 4.79 Å². The summed E-state index contributed by atoms with van der Waals surface area (Å²) in [5, 5.41) is 3.05. The number of pyridine rings is 1. The van der Waals surface area contributed by atoms with Gasteiger partial charge < -0.3 is 15.0 Å². The lowest BCUT2D eigenvalue weighted by Crippen LogP contribution is -2.49. The number of ether oxygens (including phenoxy) is 1. The summed E-state index contributed by atoms with van der Waals surface area (Å²) in [6, 6.07) is 11.9. The minimum atomic E-state index is -0.184. The van der Waals surface area contributed by atoms with Gasteiger partial charge in [0.2, 0.25) is 0 Å². The minimum absolute atomic E-state index is 0.0569. The fourth-order valence-electron chi connectivity index (χ4n) is 3.54. The summed E-state index contributed by atoms with van der Waals surface area (Å²) in [4.78, 5) is 18.9. The van der Waals surface area contributed by atoms with E-state index in [0.717, 1.165) is 29.7 Å². The van der Waals surface area contributed by atoms with E-state index < -0.39 is 0 Å². The van der Waals surface area contributed by atoms with E-state index in [9.17, 15) is 4.79 Å². The number of nitrogens with zero attached hydrogens (tertiary/aromatic N) is 2. The highest BCUT2D eigenvalue weighted by atomic mass is 16.5. The first-order valence-corrected chi connectivity index (χ1v) is 9.20. The number of amides is 2. The molecule has 1 atom stereocenters. The van der Waals surface area contributed by atoms with Gasteiger partial charge in [-0.1, -0.05) is 18.2 Å². The van der Waals surface area contributed by atoms with E-state index in [4.69, 9.17) is 4.74 Å². The predicted octanol–water partition coefficient (Wildman–Crippen LogP) is 4.56. The van der Waals surface area contributed by atoms with Crippen molar-refractivity contribution in [1.82, 2.24) is 9.88 Å². The second-order valence-electron chi connectivity index (χ2n) is 7.29. The highest BCUT2D eigenvalue weighted by Crippen LogP contribution is 2.28. The van der Waals surface area contributed by atoms with Crippen molar-refractivity contribution in [3.8, 4) is 11.1 Å². The Morgan fingerprint density at radius 3 is 2.81 bits per heavy atom. The van der Waals surface area contributed by atoms with E-state index in [-0.39, 0.29) is 17.7 Å². The summed E-state index contributed by atoms with van der Waals surface area (Å²) in [7, 11) is 0. The Kier molecular flexibility index (Phi) is 5.57. The number of carbonyl (C=O) groups is 1. The molecular formula is C21H27N3O2. The molecule has 2 heterocycles. The smallest absolute Gasteiger partial charge is 0.322 e. The molecular weight excluding hydrogens is 326 g/mol. The van der Waals surface area contributed by atoms with Gasteiger partial charge in [0.15, 0.2) is 0 Å². The molecule has 2 aromatic rings. The zero-order valence-electron chi connectivity index (χ0n) is 15.7. The number of aromatic nitrogens is 1. The number of carbonyl (C=O) groups excluding carboxylic acids is 1. The van der Waals surface area contributed by atoms with Crippen LogP contribution in [-0.2, 0) is 4.74 Å². The normalized spacial score (nSPS) is 19.0. The maximum atomic E-state index is 12.9. The number of urea groups is 1. The first kappa shape index (κ1) is 18.4. The molecule has 0 bridgehead atoms. The van der Waals surface area contributed by atoms with Crippen LogP contribution in [0, 0.1) is 0 Å². The lowest BCUT2D eigenvalue weighted by Gasteiger charge is -2.40. The average molecular weight is 353 g/mol. The molecule has 1 N–H and O–H groups in total. The van der Waals surface area contributed by atoms with Gasteiger partial charge in [-0.15, -0.1) is 0 Å². The molecule has 0 radical (unpaired) electrons. The topological polar surface area (TPSA) is 54.5 Å². The van der Waals surface area contributed by atoms with Crippen LogP contribution in [0.5, 0.6) is 0 Å². The molecule has 138 valence electrons. The van der Waals surface area contributed by atoms with E-state index in [1.807, 2.05) is 54.4 Å². The quantitative estimate of drug-likeness (QED) is 0.876. The van der Waals surface area contributed by atoms with Crippen molar-refractivity contribution in [2.24, 2.45) is 0 Å². The van der Waals surface area contributed by atoms with Gasteiger partial charge in [0, 0.05) is 42.8 Å². The van der Waals surface area contributed by atoms with Crippen LogP contribution in [0.2, 0.25) is 0 Å². The third-order valence-electron chi connectivity index (χ3n) is 4.82. The Hall–Kier alpha value is -2.40. The van der Waals surface area contributed by atoms with Gasteiger partial charge in [0.05, 0.1) is 5.60 Å². The third kappa shape index (κ3) is 4.41. The van der Waals surface area contributed by atoms with Crippen LogP contribution >= 0.6 is 0 Å². The third-order valence-corrected chi connectivity index (χ3v) is 4.82. The Morgan fingerprint density at radius 2 is 2.12 bits per heavy atom. The van der Waals surface area contributed by atoms with Gasteiger partial charge in [-0.05, 0) is 57.4 Å². The number of hydrogen-bond donors (Lipinski definition) is 1. The summed E-state index contributed by atoms with van der Waals surface area (Å²) >= 11 is 0. The molecule has 1 saturated heterocycles. The molecule has 1 aromatic heterocycles. The lowest BCUT2D eigenvalue weighted by atomic mass is 9.93. The summed E-state index contributed by atoms with van der Waals surface area (Å²) in [6.45, 7) is 7.56. The second kappa shape index (κ2) is 7.87. The van der Waals surface area contributed by atoms with Gasteiger partial charge in [-0.2, -0.15) is 0 Å².